The number of cyclic esters (lactones) is 1. The Labute approximate surface area is 221 Å². The standard InChI is InChI=1S/C29H26N4O4S/c1-3-32(4-2)38(35,36)25-17-15-22(16-18-25)28-30-26(29(34)37-28)19-23-20-33(24-13-9-6-10-14-24)31-27(23)21-11-7-5-8-12-21/h5-20H,3-4H2,1-2H3/b26-19-. The Morgan fingerprint density at radius 3 is 2.13 bits per heavy atom. The second kappa shape index (κ2) is 10.6. The molecule has 1 aliphatic rings. The van der Waals surface area contributed by atoms with Crippen LogP contribution in [0.1, 0.15) is 25.0 Å². The number of sulfonamides is 1. The zero-order chi connectivity index (χ0) is 26.7. The molecule has 0 aliphatic carbocycles. The second-order valence-corrected chi connectivity index (χ2v) is 10.5. The zero-order valence-corrected chi connectivity index (χ0v) is 21.8. The minimum absolute atomic E-state index is 0.116. The number of rotatable bonds is 8. The van der Waals surface area contributed by atoms with Crippen LogP contribution >= 0.6 is 0 Å². The summed E-state index contributed by atoms with van der Waals surface area (Å²) < 4.78 is 34.1. The summed E-state index contributed by atoms with van der Waals surface area (Å²) in [5.41, 5.74) is 3.82. The predicted octanol–water partition coefficient (Wildman–Crippen LogP) is 4.91. The third-order valence-electron chi connectivity index (χ3n) is 6.17. The first-order valence-corrected chi connectivity index (χ1v) is 13.7. The van der Waals surface area contributed by atoms with E-state index in [1.165, 1.54) is 16.4 Å². The van der Waals surface area contributed by atoms with Crippen LogP contribution in [0.4, 0.5) is 0 Å². The Morgan fingerprint density at radius 2 is 1.50 bits per heavy atom. The van der Waals surface area contributed by atoms with Crippen molar-refractivity contribution in [1.82, 2.24) is 14.1 Å². The molecule has 1 aromatic heterocycles. The summed E-state index contributed by atoms with van der Waals surface area (Å²) >= 11 is 0. The normalized spacial score (nSPS) is 14.7. The van der Waals surface area contributed by atoms with Crippen LogP contribution in [-0.2, 0) is 19.6 Å². The van der Waals surface area contributed by atoms with Crippen LogP contribution in [0.15, 0.2) is 107 Å². The fraction of sp³-hybridized carbons (Fsp3) is 0.138. The molecule has 0 N–H and O–H groups in total. The molecule has 2 heterocycles. The van der Waals surface area contributed by atoms with Crippen molar-refractivity contribution in [2.75, 3.05) is 13.1 Å². The van der Waals surface area contributed by atoms with Gasteiger partial charge in [-0.25, -0.2) is 22.9 Å². The summed E-state index contributed by atoms with van der Waals surface area (Å²) in [5, 5.41) is 4.77. The molecule has 1 aliphatic heterocycles. The molecule has 0 saturated heterocycles. The molecule has 0 atom stereocenters. The number of para-hydroxylation sites is 1. The number of hydrogen-bond acceptors (Lipinski definition) is 6. The van der Waals surface area contributed by atoms with E-state index in [1.807, 2.05) is 66.9 Å². The molecule has 0 unspecified atom stereocenters. The number of nitrogens with zero attached hydrogens (tertiary/aromatic N) is 4. The Kier molecular flexibility index (Phi) is 7.04. The van der Waals surface area contributed by atoms with Gasteiger partial charge in [0.05, 0.1) is 10.6 Å². The molecule has 9 heteroatoms. The number of benzene rings is 3. The van der Waals surface area contributed by atoms with Gasteiger partial charge in [-0.2, -0.15) is 9.40 Å². The lowest BCUT2D eigenvalue weighted by atomic mass is 10.1. The van der Waals surface area contributed by atoms with E-state index in [0.717, 1.165) is 11.3 Å². The molecule has 0 spiro atoms. The lowest BCUT2D eigenvalue weighted by molar-refractivity contribution is -0.129. The van der Waals surface area contributed by atoms with E-state index in [0.29, 0.717) is 29.9 Å². The molecule has 3 aromatic carbocycles. The molecule has 0 fully saturated rings. The lowest BCUT2D eigenvalue weighted by Crippen LogP contribution is -2.30. The zero-order valence-electron chi connectivity index (χ0n) is 21.0. The van der Waals surface area contributed by atoms with Crippen LogP contribution in [-0.4, -0.2) is 47.5 Å². The molecule has 38 heavy (non-hydrogen) atoms. The first-order valence-electron chi connectivity index (χ1n) is 12.2. The minimum Gasteiger partial charge on any atom is -0.402 e. The summed E-state index contributed by atoms with van der Waals surface area (Å²) in [6.45, 7) is 4.35. The van der Waals surface area contributed by atoms with Crippen molar-refractivity contribution < 1.29 is 17.9 Å². The highest BCUT2D eigenvalue weighted by Crippen LogP contribution is 2.28. The van der Waals surface area contributed by atoms with Gasteiger partial charge in [-0.05, 0) is 42.5 Å². The van der Waals surface area contributed by atoms with Crippen molar-refractivity contribution in [1.29, 1.82) is 0 Å². The summed E-state index contributed by atoms with van der Waals surface area (Å²) in [6.07, 6.45) is 3.50. The van der Waals surface area contributed by atoms with E-state index in [9.17, 15) is 13.2 Å². The molecular formula is C29H26N4O4S. The largest absolute Gasteiger partial charge is 0.402 e. The van der Waals surface area contributed by atoms with Gasteiger partial charge in [0, 0.05) is 36.0 Å². The fourth-order valence-corrected chi connectivity index (χ4v) is 5.65. The summed E-state index contributed by atoms with van der Waals surface area (Å²) in [5.74, 6) is -0.476. The number of aliphatic imine (C=N–C) groups is 1. The maximum absolute atomic E-state index is 12.8. The third-order valence-corrected chi connectivity index (χ3v) is 8.23. The predicted molar refractivity (Wildman–Crippen MR) is 146 cm³/mol. The van der Waals surface area contributed by atoms with Crippen molar-refractivity contribution in [2.24, 2.45) is 4.99 Å². The van der Waals surface area contributed by atoms with E-state index in [1.54, 1.807) is 36.7 Å². The van der Waals surface area contributed by atoms with E-state index in [2.05, 4.69) is 4.99 Å². The Bertz CT molecular complexity index is 1620. The van der Waals surface area contributed by atoms with Gasteiger partial charge in [-0.3, -0.25) is 0 Å². The quantitative estimate of drug-likeness (QED) is 0.240. The number of ether oxygens (including phenoxy) is 1. The third kappa shape index (κ3) is 4.93. The molecule has 8 nitrogen and oxygen atoms in total. The Hall–Kier alpha value is -4.34. The average Bonchev–Trinajstić information content (AvgIpc) is 3.54. The number of esters is 1. The van der Waals surface area contributed by atoms with E-state index < -0.39 is 16.0 Å². The summed E-state index contributed by atoms with van der Waals surface area (Å²) in [6, 6.07) is 25.6. The Balaban J connectivity index is 1.50. The average molecular weight is 527 g/mol. The minimum atomic E-state index is -3.59. The monoisotopic (exact) mass is 526 g/mol. The molecule has 192 valence electrons. The molecule has 0 bridgehead atoms. The fourth-order valence-electron chi connectivity index (χ4n) is 4.19. The van der Waals surface area contributed by atoms with Crippen molar-refractivity contribution in [3.63, 3.8) is 0 Å². The molecular weight excluding hydrogens is 500 g/mol. The highest BCUT2D eigenvalue weighted by molar-refractivity contribution is 7.89. The van der Waals surface area contributed by atoms with Crippen LogP contribution in [0.2, 0.25) is 0 Å². The van der Waals surface area contributed by atoms with Gasteiger partial charge < -0.3 is 4.74 Å². The smallest absolute Gasteiger partial charge is 0.363 e. The van der Waals surface area contributed by atoms with Crippen molar-refractivity contribution in [3.8, 4) is 16.9 Å². The van der Waals surface area contributed by atoms with Gasteiger partial charge >= 0.3 is 5.97 Å². The van der Waals surface area contributed by atoms with Gasteiger partial charge in [0.25, 0.3) is 0 Å². The first kappa shape index (κ1) is 25.3. The Morgan fingerprint density at radius 1 is 0.868 bits per heavy atom. The van der Waals surface area contributed by atoms with Crippen LogP contribution in [0.3, 0.4) is 0 Å². The number of carbonyl (C=O) groups is 1. The van der Waals surface area contributed by atoms with Gasteiger partial charge in [0.15, 0.2) is 5.70 Å². The number of hydrogen-bond donors (Lipinski definition) is 0. The molecule has 0 amide bonds. The van der Waals surface area contributed by atoms with Crippen LogP contribution < -0.4 is 0 Å². The van der Waals surface area contributed by atoms with Gasteiger partial charge in [-0.1, -0.05) is 62.4 Å². The van der Waals surface area contributed by atoms with Crippen molar-refractivity contribution in [3.05, 3.63) is 108 Å². The van der Waals surface area contributed by atoms with Crippen molar-refractivity contribution in [2.45, 2.75) is 18.7 Å². The van der Waals surface area contributed by atoms with Gasteiger partial charge in [-0.15, -0.1) is 0 Å². The summed E-state index contributed by atoms with van der Waals surface area (Å²) in [4.78, 5) is 17.3. The highest BCUT2D eigenvalue weighted by Gasteiger charge is 2.27. The molecule has 0 radical (unpaired) electrons. The van der Waals surface area contributed by atoms with Crippen LogP contribution in [0.25, 0.3) is 23.0 Å². The van der Waals surface area contributed by atoms with Crippen LogP contribution in [0, 0.1) is 0 Å². The SMILES string of the molecule is CCN(CC)S(=O)(=O)c1ccc(C2=N/C(=C\c3cn(-c4ccccc4)nc3-c3ccccc3)C(=O)O2)cc1. The van der Waals surface area contributed by atoms with Crippen LogP contribution in [0.5, 0.6) is 0 Å². The van der Waals surface area contributed by atoms with E-state index in [4.69, 9.17) is 9.84 Å². The maximum Gasteiger partial charge on any atom is 0.363 e. The van der Waals surface area contributed by atoms with E-state index >= 15 is 0 Å². The number of aromatic nitrogens is 2. The molecule has 0 saturated carbocycles. The van der Waals surface area contributed by atoms with Crippen molar-refractivity contribution >= 4 is 28.0 Å². The topological polar surface area (TPSA) is 93.9 Å². The summed E-state index contributed by atoms with van der Waals surface area (Å²) in [7, 11) is -3.59. The second-order valence-electron chi connectivity index (χ2n) is 8.53. The number of carbonyl (C=O) groups excluding carboxylic acids is 1. The van der Waals surface area contributed by atoms with Gasteiger partial charge in [0.2, 0.25) is 15.9 Å². The first-order chi connectivity index (χ1) is 18.4. The van der Waals surface area contributed by atoms with Gasteiger partial charge in [0.1, 0.15) is 5.69 Å². The highest BCUT2D eigenvalue weighted by atomic mass is 32.2. The maximum atomic E-state index is 12.8. The lowest BCUT2D eigenvalue weighted by Gasteiger charge is -2.18. The van der Waals surface area contributed by atoms with E-state index in [-0.39, 0.29) is 16.5 Å². The molecule has 4 aromatic rings. The molecule has 5 rings (SSSR count).